The van der Waals surface area contributed by atoms with Crippen LogP contribution in [0.1, 0.15) is 31.9 Å². The lowest BCUT2D eigenvalue weighted by atomic mass is 10.1. The van der Waals surface area contributed by atoms with E-state index in [0.717, 1.165) is 24.4 Å². The van der Waals surface area contributed by atoms with Crippen molar-refractivity contribution >= 4 is 11.6 Å². The van der Waals surface area contributed by atoms with E-state index in [1.165, 1.54) is 19.3 Å². The molecule has 1 amide bonds. The second kappa shape index (κ2) is 6.22. The molecule has 0 radical (unpaired) electrons. The minimum atomic E-state index is -0.0637. The van der Waals surface area contributed by atoms with Crippen LogP contribution >= 0.6 is 0 Å². The average Bonchev–Trinajstić information content (AvgIpc) is 2.96. The summed E-state index contributed by atoms with van der Waals surface area (Å²) in [6, 6.07) is -0.0637. The second-order valence-corrected chi connectivity index (χ2v) is 5.54. The van der Waals surface area contributed by atoms with Crippen LogP contribution in [0.25, 0.3) is 5.65 Å². The molecule has 0 aromatic carbocycles. The van der Waals surface area contributed by atoms with Gasteiger partial charge < -0.3 is 5.32 Å². The quantitative estimate of drug-likeness (QED) is 0.918. The number of rotatable bonds is 4. The number of likely N-dealkylation sites (tertiary alicyclic amines) is 1. The van der Waals surface area contributed by atoms with Crippen molar-refractivity contribution in [3.8, 4) is 0 Å². The second-order valence-electron chi connectivity index (χ2n) is 5.54. The summed E-state index contributed by atoms with van der Waals surface area (Å²) in [6.45, 7) is 4.52. The monoisotopic (exact) mass is 287 g/mol. The lowest BCUT2D eigenvalue weighted by Crippen LogP contribution is -2.47. The molecule has 0 bridgehead atoms. The van der Waals surface area contributed by atoms with Crippen LogP contribution < -0.4 is 5.32 Å². The van der Waals surface area contributed by atoms with Gasteiger partial charge in [-0.05, 0) is 32.9 Å². The Morgan fingerprint density at radius 3 is 2.95 bits per heavy atom. The zero-order valence-corrected chi connectivity index (χ0v) is 12.3. The third-order valence-corrected chi connectivity index (χ3v) is 4.16. The molecule has 3 heterocycles. The van der Waals surface area contributed by atoms with Gasteiger partial charge in [0.15, 0.2) is 5.65 Å². The lowest BCUT2D eigenvalue weighted by molar-refractivity contribution is -0.126. The van der Waals surface area contributed by atoms with Gasteiger partial charge in [-0.2, -0.15) is 0 Å². The molecular weight excluding hydrogens is 266 g/mol. The third-order valence-electron chi connectivity index (χ3n) is 4.16. The lowest BCUT2D eigenvalue weighted by Gasteiger charge is -2.31. The molecule has 0 spiro atoms. The van der Waals surface area contributed by atoms with Gasteiger partial charge in [-0.3, -0.25) is 19.1 Å². The highest BCUT2D eigenvalue weighted by Gasteiger charge is 2.22. The normalized spacial score (nSPS) is 17.8. The topological polar surface area (TPSA) is 62.5 Å². The first kappa shape index (κ1) is 14.0. The van der Waals surface area contributed by atoms with Crippen molar-refractivity contribution in [1.29, 1.82) is 0 Å². The van der Waals surface area contributed by atoms with Crippen molar-refractivity contribution in [1.82, 2.24) is 24.6 Å². The fourth-order valence-electron chi connectivity index (χ4n) is 2.82. The summed E-state index contributed by atoms with van der Waals surface area (Å²) in [6.07, 6.45) is 10.7. The van der Waals surface area contributed by atoms with E-state index in [4.69, 9.17) is 0 Å². The van der Waals surface area contributed by atoms with Gasteiger partial charge in [0, 0.05) is 12.4 Å². The summed E-state index contributed by atoms with van der Waals surface area (Å²) in [5.74, 6) is 0.0842. The number of fused-ring (bicyclic) bond motifs is 1. The van der Waals surface area contributed by atoms with E-state index < -0.39 is 0 Å². The number of hydrogen-bond acceptors (Lipinski definition) is 4. The Morgan fingerprint density at radius 2 is 2.14 bits per heavy atom. The zero-order chi connectivity index (χ0) is 14.7. The molecule has 2 aromatic rings. The molecule has 0 aliphatic carbocycles. The van der Waals surface area contributed by atoms with Gasteiger partial charge in [0.2, 0.25) is 5.91 Å². The minimum absolute atomic E-state index is 0.0637. The highest BCUT2D eigenvalue weighted by atomic mass is 16.2. The van der Waals surface area contributed by atoms with E-state index in [1.807, 2.05) is 17.5 Å². The fourth-order valence-corrected chi connectivity index (χ4v) is 2.82. The van der Waals surface area contributed by atoms with Gasteiger partial charge in [0.05, 0.1) is 30.7 Å². The number of amides is 1. The van der Waals surface area contributed by atoms with Gasteiger partial charge in [0.25, 0.3) is 0 Å². The molecule has 0 saturated carbocycles. The summed E-state index contributed by atoms with van der Waals surface area (Å²) in [4.78, 5) is 22.8. The number of carbonyl (C=O) groups excluding carboxylic acids is 1. The zero-order valence-electron chi connectivity index (χ0n) is 12.3. The largest absolute Gasteiger partial charge is 0.349 e. The molecule has 2 aromatic heterocycles. The molecule has 1 saturated heterocycles. The van der Waals surface area contributed by atoms with Crippen molar-refractivity contribution in [3.63, 3.8) is 0 Å². The van der Waals surface area contributed by atoms with Crippen molar-refractivity contribution in [3.05, 3.63) is 30.5 Å². The van der Waals surface area contributed by atoms with Crippen LogP contribution in [0.5, 0.6) is 0 Å². The number of imidazole rings is 1. The average molecular weight is 287 g/mol. The number of nitrogens with one attached hydrogen (secondary N) is 1. The predicted octanol–water partition coefficient (Wildman–Crippen LogP) is 1.22. The van der Waals surface area contributed by atoms with Crippen molar-refractivity contribution < 1.29 is 4.79 Å². The first-order chi connectivity index (χ1) is 10.3. The standard InChI is InChI=1S/C15H21N5O/c1-12(19-6-3-2-4-7-19)15(21)18-10-13-9-17-14-11-16-5-8-20(13)14/h5,8-9,11-12H,2-4,6-7,10H2,1H3,(H,18,21)/t12-/m0/s1. The van der Waals surface area contributed by atoms with Crippen LogP contribution in [0.15, 0.2) is 24.8 Å². The fraction of sp³-hybridized carbons (Fsp3) is 0.533. The van der Waals surface area contributed by atoms with Gasteiger partial charge in [-0.15, -0.1) is 0 Å². The molecule has 3 rings (SSSR count). The molecule has 1 N–H and O–H groups in total. The van der Waals surface area contributed by atoms with E-state index in [-0.39, 0.29) is 11.9 Å². The third kappa shape index (κ3) is 3.05. The SMILES string of the molecule is C[C@@H](C(=O)NCc1cnc2cnccn12)N1CCCCC1. The molecular formula is C15H21N5O. The maximum Gasteiger partial charge on any atom is 0.237 e. The van der Waals surface area contributed by atoms with Crippen LogP contribution in [-0.4, -0.2) is 44.3 Å². The van der Waals surface area contributed by atoms with Crippen LogP contribution in [0.2, 0.25) is 0 Å². The van der Waals surface area contributed by atoms with Crippen LogP contribution in [0.4, 0.5) is 0 Å². The Balaban J connectivity index is 1.60. The summed E-state index contributed by atoms with van der Waals surface area (Å²) in [5.41, 5.74) is 1.76. The van der Waals surface area contributed by atoms with E-state index in [1.54, 1.807) is 18.6 Å². The van der Waals surface area contributed by atoms with Crippen LogP contribution in [0, 0.1) is 0 Å². The molecule has 21 heavy (non-hydrogen) atoms. The number of aromatic nitrogens is 3. The van der Waals surface area contributed by atoms with E-state index in [2.05, 4.69) is 20.2 Å². The Labute approximate surface area is 124 Å². The van der Waals surface area contributed by atoms with Crippen molar-refractivity contribution in [2.24, 2.45) is 0 Å². The van der Waals surface area contributed by atoms with Crippen molar-refractivity contribution in [2.75, 3.05) is 13.1 Å². The van der Waals surface area contributed by atoms with E-state index >= 15 is 0 Å². The summed E-state index contributed by atoms with van der Waals surface area (Å²) in [5, 5.41) is 3.01. The summed E-state index contributed by atoms with van der Waals surface area (Å²) in [7, 11) is 0. The number of piperidine rings is 1. The number of nitrogens with zero attached hydrogens (tertiary/aromatic N) is 4. The Morgan fingerprint density at radius 1 is 1.33 bits per heavy atom. The first-order valence-corrected chi connectivity index (χ1v) is 7.53. The van der Waals surface area contributed by atoms with Crippen LogP contribution in [-0.2, 0) is 11.3 Å². The molecule has 6 heteroatoms. The van der Waals surface area contributed by atoms with Gasteiger partial charge in [0.1, 0.15) is 0 Å². The molecule has 1 aliphatic rings. The minimum Gasteiger partial charge on any atom is -0.349 e. The van der Waals surface area contributed by atoms with Gasteiger partial charge >= 0.3 is 0 Å². The Hall–Kier alpha value is -1.95. The number of hydrogen-bond donors (Lipinski definition) is 1. The van der Waals surface area contributed by atoms with Crippen LogP contribution in [0.3, 0.4) is 0 Å². The molecule has 112 valence electrons. The molecule has 1 aliphatic heterocycles. The van der Waals surface area contributed by atoms with Gasteiger partial charge in [-0.25, -0.2) is 4.98 Å². The van der Waals surface area contributed by atoms with Gasteiger partial charge in [-0.1, -0.05) is 6.42 Å². The molecule has 1 atom stereocenters. The summed E-state index contributed by atoms with van der Waals surface area (Å²) >= 11 is 0. The van der Waals surface area contributed by atoms with Crippen molar-refractivity contribution in [2.45, 2.75) is 38.8 Å². The molecule has 0 unspecified atom stereocenters. The predicted molar refractivity (Wildman–Crippen MR) is 79.7 cm³/mol. The van der Waals surface area contributed by atoms with E-state index in [9.17, 15) is 4.79 Å². The highest BCUT2D eigenvalue weighted by Crippen LogP contribution is 2.12. The highest BCUT2D eigenvalue weighted by molar-refractivity contribution is 5.81. The first-order valence-electron chi connectivity index (χ1n) is 7.53. The molecule has 1 fully saturated rings. The van der Waals surface area contributed by atoms with E-state index in [0.29, 0.717) is 6.54 Å². The smallest absolute Gasteiger partial charge is 0.237 e. The number of carbonyl (C=O) groups is 1. The maximum absolute atomic E-state index is 12.3. The maximum atomic E-state index is 12.3. The Kier molecular flexibility index (Phi) is 4.15. The summed E-state index contributed by atoms with van der Waals surface area (Å²) < 4.78 is 1.94. The Bertz CT molecular complexity index is 617. The molecule has 6 nitrogen and oxygen atoms in total.